The lowest BCUT2D eigenvalue weighted by Crippen LogP contribution is -2.42. The molecule has 0 bridgehead atoms. The molecular formula is C16H26N2. The van der Waals surface area contributed by atoms with Gasteiger partial charge in [-0.2, -0.15) is 0 Å². The highest BCUT2D eigenvalue weighted by molar-refractivity contribution is 5.28. The van der Waals surface area contributed by atoms with E-state index in [2.05, 4.69) is 49.3 Å². The molecule has 100 valence electrons. The van der Waals surface area contributed by atoms with Crippen LogP contribution in [0.1, 0.15) is 36.0 Å². The minimum absolute atomic E-state index is 0.727. The van der Waals surface area contributed by atoms with Crippen LogP contribution in [-0.2, 0) is 6.54 Å². The molecule has 1 saturated heterocycles. The highest BCUT2D eigenvalue weighted by Gasteiger charge is 2.17. The van der Waals surface area contributed by atoms with Gasteiger partial charge < -0.3 is 10.2 Å². The van der Waals surface area contributed by atoms with Crippen molar-refractivity contribution in [3.8, 4) is 0 Å². The Kier molecular flexibility index (Phi) is 4.79. The highest BCUT2D eigenvalue weighted by atomic mass is 15.2. The Morgan fingerprint density at radius 3 is 2.56 bits per heavy atom. The van der Waals surface area contributed by atoms with Crippen LogP contribution < -0.4 is 5.32 Å². The largest absolute Gasteiger partial charge is 0.311 e. The fourth-order valence-electron chi connectivity index (χ4n) is 2.96. The molecule has 1 unspecified atom stereocenters. The minimum atomic E-state index is 0.727. The fourth-order valence-corrected chi connectivity index (χ4v) is 2.96. The lowest BCUT2D eigenvalue weighted by Gasteiger charge is -2.32. The standard InChI is InChI=1S/C16H26N2/c1-13-8-14(2)10-15(9-13)11-17-12-16-6-4-5-7-18(16)3/h8-10,16-17H,4-7,11-12H2,1-3H3. The van der Waals surface area contributed by atoms with Crippen LogP contribution in [0.4, 0.5) is 0 Å². The van der Waals surface area contributed by atoms with Gasteiger partial charge in [0.2, 0.25) is 0 Å². The summed E-state index contributed by atoms with van der Waals surface area (Å²) in [6.45, 7) is 7.71. The van der Waals surface area contributed by atoms with E-state index in [0.717, 1.165) is 19.1 Å². The number of aryl methyl sites for hydroxylation is 2. The van der Waals surface area contributed by atoms with Crippen LogP contribution in [0.2, 0.25) is 0 Å². The SMILES string of the molecule is Cc1cc(C)cc(CNCC2CCCCN2C)c1. The molecule has 0 radical (unpaired) electrons. The van der Waals surface area contributed by atoms with Crippen molar-refractivity contribution < 1.29 is 0 Å². The Morgan fingerprint density at radius 2 is 1.89 bits per heavy atom. The molecule has 0 saturated carbocycles. The zero-order valence-electron chi connectivity index (χ0n) is 12.0. The topological polar surface area (TPSA) is 15.3 Å². The Bertz CT molecular complexity index is 366. The van der Waals surface area contributed by atoms with Gasteiger partial charge in [0.25, 0.3) is 0 Å². The third-order valence-corrected chi connectivity index (χ3v) is 3.91. The van der Waals surface area contributed by atoms with Crippen LogP contribution in [0.25, 0.3) is 0 Å². The van der Waals surface area contributed by atoms with Gasteiger partial charge in [0, 0.05) is 19.1 Å². The number of piperidine rings is 1. The lowest BCUT2D eigenvalue weighted by atomic mass is 10.0. The van der Waals surface area contributed by atoms with E-state index < -0.39 is 0 Å². The molecule has 1 aromatic rings. The molecular weight excluding hydrogens is 220 g/mol. The van der Waals surface area contributed by atoms with Gasteiger partial charge in [-0.3, -0.25) is 0 Å². The molecule has 1 atom stereocenters. The molecule has 0 amide bonds. The average molecular weight is 246 g/mol. The van der Waals surface area contributed by atoms with Gasteiger partial charge in [-0.1, -0.05) is 35.7 Å². The second-order valence-electron chi connectivity index (χ2n) is 5.76. The van der Waals surface area contributed by atoms with Crippen molar-refractivity contribution in [1.29, 1.82) is 0 Å². The molecule has 18 heavy (non-hydrogen) atoms. The van der Waals surface area contributed by atoms with Crippen molar-refractivity contribution in [2.45, 2.75) is 45.7 Å². The molecule has 1 heterocycles. The maximum atomic E-state index is 3.61. The van der Waals surface area contributed by atoms with E-state index in [1.165, 1.54) is 42.5 Å². The number of hydrogen-bond donors (Lipinski definition) is 1. The van der Waals surface area contributed by atoms with Crippen LogP contribution in [0.15, 0.2) is 18.2 Å². The summed E-state index contributed by atoms with van der Waals surface area (Å²) in [6, 6.07) is 7.53. The Hall–Kier alpha value is -0.860. The van der Waals surface area contributed by atoms with Gasteiger partial charge in [0.15, 0.2) is 0 Å². The van der Waals surface area contributed by atoms with Gasteiger partial charge in [-0.15, -0.1) is 0 Å². The quantitative estimate of drug-likeness (QED) is 0.879. The first-order valence-corrected chi connectivity index (χ1v) is 7.13. The molecule has 1 fully saturated rings. The van der Waals surface area contributed by atoms with E-state index >= 15 is 0 Å². The van der Waals surface area contributed by atoms with Crippen molar-refractivity contribution in [2.24, 2.45) is 0 Å². The second-order valence-corrected chi connectivity index (χ2v) is 5.76. The molecule has 1 aliphatic rings. The zero-order chi connectivity index (χ0) is 13.0. The first-order chi connectivity index (χ1) is 8.65. The molecule has 0 spiro atoms. The van der Waals surface area contributed by atoms with E-state index in [1.54, 1.807) is 0 Å². The number of nitrogens with one attached hydrogen (secondary N) is 1. The monoisotopic (exact) mass is 246 g/mol. The normalized spacial score (nSPS) is 21.2. The predicted molar refractivity (Wildman–Crippen MR) is 77.9 cm³/mol. The number of hydrogen-bond acceptors (Lipinski definition) is 2. The van der Waals surface area contributed by atoms with Crippen LogP contribution >= 0.6 is 0 Å². The predicted octanol–water partition coefficient (Wildman–Crippen LogP) is 2.88. The van der Waals surface area contributed by atoms with Crippen molar-refractivity contribution in [2.75, 3.05) is 20.1 Å². The molecule has 1 N–H and O–H groups in total. The third kappa shape index (κ3) is 3.82. The number of benzene rings is 1. The summed E-state index contributed by atoms with van der Waals surface area (Å²) < 4.78 is 0. The summed E-state index contributed by atoms with van der Waals surface area (Å²) in [6.07, 6.45) is 4.10. The fraction of sp³-hybridized carbons (Fsp3) is 0.625. The summed E-state index contributed by atoms with van der Waals surface area (Å²) in [5.74, 6) is 0. The summed E-state index contributed by atoms with van der Waals surface area (Å²) in [7, 11) is 2.25. The Balaban J connectivity index is 1.80. The molecule has 2 heteroatoms. The van der Waals surface area contributed by atoms with Crippen LogP contribution in [0, 0.1) is 13.8 Å². The number of likely N-dealkylation sites (N-methyl/N-ethyl adjacent to an activating group) is 1. The maximum Gasteiger partial charge on any atom is 0.0217 e. The van der Waals surface area contributed by atoms with Crippen LogP contribution in [0.5, 0.6) is 0 Å². The molecule has 1 aliphatic heterocycles. The van der Waals surface area contributed by atoms with Crippen molar-refractivity contribution in [3.05, 3.63) is 34.9 Å². The number of rotatable bonds is 4. The summed E-state index contributed by atoms with van der Waals surface area (Å²) in [5, 5.41) is 3.61. The van der Waals surface area contributed by atoms with E-state index in [9.17, 15) is 0 Å². The molecule has 1 aromatic carbocycles. The number of nitrogens with zero attached hydrogens (tertiary/aromatic N) is 1. The van der Waals surface area contributed by atoms with E-state index in [0.29, 0.717) is 0 Å². The Morgan fingerprint density at radius 1 is 1.17 bits per heavy atom. The first-order valence-electron chi connectivity index (χ1n) is 7.13. The van der Waals surface area contributed by atoms with Crippen molar-refractivity contribution in [3.63, 3.8) is 0 Å². The smallest absolute Gasteiger partial charge is 0.0217 e. The molecule has 0 aliphatic carbocycles. The highest BCUT2D eigenvalue weighted by Crippen LogP contribution is 2.14. The number of likely N-dealkylation sites (tertiary alicyclic amines) is 1. The molecule has 2 rings (SSSR count). The maximum absolute atomic E-state index is 3.61. The van der Waals surface area contributed by atoms with Gasteiger partial charge in [-0.05, 0) is 45.8 Å². The summed E-state index contributed by atoms with van der Waals surface area (Å²) >= 11 is 0. The summed E-state index contributed by atoms with van der Waals surface area (Å²) in [4.78, 5) is 2.50. The average Bonchev–Trinajstić information content (AvgIpc) is 2.30. The van der Waals surface area contributed by atoms with Gasteiger partial charge in [0.1, 0.15) is 0 Å². The second kappa shape index (κ2) is 6.35. The zero-order valence-corrected chi connectivity index (χ0v) is 12.0. The third-order valence-electron chi connectivity index (χ3n) is 3.91. The van der Waals surface area contributed by atoms with Crippen LogP contribution in [-0.4, -0.2) is 31.1 Å². The molecule has 0 aromatic heterocycles. The van der Waals surface area contributed by atoms with Gasteiger partial charge >= 0.3 is 0 Å². The van der Waals surface area contributed by atoms with E-state index in [1.807, 2.05) is 0 Å². The van der Waals surface area contributed by atoms with Crippen molar-refractivity contribution in [1.82, 2.24) is 10.2 Å². The van der Waals surface area contributed by atoms with Gasteiger partial charge in [-0.25, -0.2) is 0 Å². The van der Waals surface area contributed by atoms with Crippen LogP contribution in [0.3, 0.4) is 0 Å². The Labute approximate surface area is 111 Å². The van der Waals surface area contributed by atoms with E-state index in [4.69, 9.17) is 0 Å². The van der Waals surface area contributed by atoms with Gasteiger partial charge in [0.05, 0.1) is 0 Å². The van der Waals surface area contributed by atoms with E-state index in [-0.39, 0.29) is 0 Å². The summed E-state index contributed by atoms with van der Waals surface area (Å²) in [5.41, 5.74) is 4.13. The minimum Gasteiger partial charge on any atom is -0.311 e. The van der Waals surface area contributed by atoms with Crippen molar-refractivity contribution >= 4 is 0 Å². The lowest BCUT2D eigenvalue weighted by molar-refractivity contribution is 0.181. The molecule has 2 nitrogen and oxygen atoms in total. The first kappa shape index (κ1) is 13.6.